The van der Waals surface area contributed by atoms with Gasteiger partial charge in [-0.05, 0) is 19.9 Å². The number of aromatic nitrogens is 3. The number of amides is 2. The van der Waals surface area contributed by atoms with Gasteiger partial charge in [0.25, 0.3) is 11.8 Å². The third-order valence-corrected chi connectivity index (χ3v) is 5.30. The van der Waals surface area contributed by atoms with Crippen molar-refractivity contribution in [3.63, 3.8) is 0 Å². The summed E-state index contributed by atoms with van der Waals surface area (Å²) in [5, 5.41) is 18.3. The molecule has 4 rings (SSSR count). The van der Waals surface area contributed by atoms with Gasteiger partial charge in [-0.3, -0.25) is 24.1 Å². The monoisotopic (exact) mass is 474 g/mol. The lowest BCUT2D eigenvalue weighted by Crippen LogP contribution is -2.56. The van der Waals surface area contributed by atoms with Gasteiger partial charge in [0.05, 0.1) is 0 Å². The Labute approximate surface area is 191 Å². The lowest BCUT2D eigenvalue weighted by atomic mass is 10.1. The standard InChI is InChI=1S/C21H20F2N6O5/c1-11(2)28-10-27(8-16-25-9-34-26-16)29-7-14(18(30)19(31)17(29)21(28)33)20(32)24-6-12-3-4-13(22)5-15(12)23/h3-5,7,9,11,31H,6,8,10H2,1-2H3,(H,24,32). The van der Waals surface area contributed by atoms with E-state index in [0.717, 1.165) is 24.7 Å². The molecular weight excluding hydrogens is 454 g/mol. The number of benzene rings is 1. The molecule has 178 valence electrons. The number of carbonyl (C=O) groups excluding carboxylic acids is 2. The van der Waals surface area contributed by atoms with Crippen LogP contribution in [0.2, 0.25) is 0 Å². The van der Waals surface area contributed by atoms with Gasteiger partial charge in [0, 0.05) is 30.4 Å². The molecule has 0 bridgehead atoms. The van der Waals surface area contributed by atoms with Gasteiger partial charge in [-0.1, -0.05) is 11.2 Å². The summed E-state index contributed by atoms with van der Waals surface area (Å²) >= 11 is 0. The minimum atomic E-state index is -1.07. The number of nitrogens with zero attached hydrogens (tertiary/aromatic N) is 5. The minimum absolute atomic E-state index is 0.00137. The molecule has 0 spiro atoms. The molecule has 0 atom stereocenters. The van der Waals surface area contributed by atoms with Crippen LogP contribution in [0.5, 0.6) is 5.75 Å². The van der Waals surface area contributed by atoms with E-state index in [1.165, 1.54) is 14.6 Å². The van der Waals surface area contributed by atoms with Crippen LogP contribution in [0.4, 0.5) is 8.78 Å². The van der Waals surface area contributed by atoms with E-state index in [9.17, 15) is 28.3 Å². The molecule has 34 heavy (non-hydrogen) atoms. The lowest BCUT2D eigenvalue weighted by molar-refractivity contribution is 0.0625. The molecule has 0 radical (unpaired) electrons. The molecule has 3 aromatic rings. The molecule has 0 unspecified atom stereocenters. The minimum Gasteiger partial charge on any atom is -0.502 e. The number of hydrogen-bond donors (Lipinski definition) is 2. The molecule has 2 aromatic heterocycles. The highest BCUT2D eigenvalue weighted by molar-refractivity contribution is 5.99. The van der Waals surface area contributed by atoms with E-state index in [0.29, 0.717) is 6.07 Å². The highest BCUT2D eigenvalue weighted by atomic mass is 19.1. The van der Waals surface area contributed by atoms with Crippen LogP contribution in [-0.4, -0.2) is 49.3 Å². The SMILES string of the molecule is CC(C)N1CN(Cc2ncon2)n2cc(C(=O)NCc3ccc(F)cc3F)c(=O)c(O)c2C1=O. The van der Waals surface area contributed by atoms with Crippen molar-refractivity contribution >= 4 is 11.8 Å². The Morgan fingerprint density at radius 3 is 2.71 bits per heavy atom. The molecule has 0 saturated carbocycles. The summed E-state index contributed by atoms with van der Waals surface area (Å²) < 4.78 is 32.9. The van der Waals surface area contributed by atoms with E-state index in [2.05, 4.69) is 15.5 Å². The van der Waals surface area contributed by atoms with E-state index in [-0.39, 0.29) is 42.9 Å². The number of carbonyl (C=O) groups is 2. The van der Waals surface area contributed by atoms with Crippen LogP contribution >= 0.6 is 0 Å². The molecule has 0 saturated heterocycles. The molecule has 1 aliphatic rings. The predicted molar refractivity (Wildman–Crippen MR) is 112 cm³/mol. The molecule has 11 nitrogen and oxygen atoms in total. The Hall–Kier alpha value is -4.29. The van der Waals surface area contributed by atoms with Gasteiger partial charge >= 0.3 is 0 Å². The largest absolute Gasteiger partial charge is 0.502 e. The summed E-state index contributed by atoms with van der Waals surface area (Å²) in [5.41, 5.74) is -1.87. The van der Waals surface area contributed by atoms with Crippen LogP contribution in [-0.2, 0) is 13.1 Å². The molecule has 1 aliphatic heterocycles. The number of pyridine rings is 1. The predicted octanol–water partition coefficient (Wildman–Crippen LogP) is 1.10. The Morgan fingerprint density at radius 1 is 1.29 bits per heavy atom. The van der Waals surface area contributed by atoms with Gasteiger partial charge in [0.15, 0.2) is 17.3 Å². The highest BCUT2D eigenvalue weighted by Crippen LogP contribution is 2.23. The second-order valence-corrected chi connectivity index (χ2v) is 7.85. The van der Waals surface area contributed by atoms with E-state index in [4.69, 9.17) is 4.52 Å². The third kappa shape index (κ3) is 4.19. The average molecular weight is 474 g/mol. The fraction of sp³-hybridized carbons (Fsp3) is 0.286. The first-order valence-corrected chi connectivity index (χ1v) is 10.2. The molecule has 2 N–H and O–H groups in total. The first-order chi connectivity index (χ1) is 16.2. The van der Waals surface area contributed by atoms with Crippen molar-refractivity contribution in [2.75, 3.05) is 11.7 Å². The van der Waals surface area contributed by atoms with Crippen molar-refractivity contribution in [2.45, 2.75) is 33.0 Å². The summed E-state index contributed by atoms with van der Waals surface area (Å²) in [6.45, 7) is 3.28. The van der Waals surface area contributed by atoms with Gasteiger partial charge in [-0.2, -0.15) is 4.98 Å². The van der Waals surface area contributed by atoms with Gasteiger partial charge in [-0.25, -0.2) is 8.78 Å². The number of fused-ring (bicyclic) bond motifs is 1. The molecule has 0 aliphatic carbocycles. The lowest BCUT2D eigenvalue weighted by Gasteiger charge is -2.41. The molecule has 13 heteroatoms. The maximum atomic E-state index is 13.9. The molecule has 3 heterocycles. The van der Waals surface area contributed by atoms with Crippen molar-refractivity contribution in [3.8, 4) is 5.75 Å². The zero-order valence-electron chi connectivity index (χ0n) is 18.2. The fourth-order valence-electron chi connectivity index (χ4n) is 3.50. The van der Waals surface area contributed by atoms with E-state index < -0.39 is 40.2 Å². The summed E-state index contributed by atoms with van der Waals surface area (Å²) in [6, 6.07) is 2.60. The van der Waals surface area contributed by atoms with Crippen LogP contribution < -0.4 is 15.8 Å². The molecule has 0 fully saturated rings. The number of rotatable bonds is 6. The van der Waals surface area contributed by atoms with Crippen molar-refractivity contribution in [2.24, 2.45) is 0 Å². The van der Waals surface area contributed by atoms with Gasteiger partial charge in [-0.15, -0.1) is 0 Å². The van der Waals surface area contributed by atoms with Crippen LogP contribution in [0.25, 0.3) is 0 Å². The Kier molecular flexibility index (Phi) is 6.01. The summed E-state index contributed by atoms with van der Waals surface area (Å²) in [5.74, 6) is -3.80. The van der Waals surface area contributed by atoms with E-state index in [1.807, 2.05) is 0 Å². The molecular formula is C21H20F2N6O5. The zero-order chi connectivity index (χ0) is 24.6. The number of halogens is 2. The Bertz CT molecular complexity index is 1310. The third-order valence-electron chi connectivity index (χ3n) is 5.30. The topological polar surface area (TPSA) is 134 Å². The van der Waals surface area contributed by atoms with Crippen LogP contribution in [0, 0.1) is 11.6 Å². The highest BCUT2D eigenvalue weighted by Gasteiger charge is 2.35. The maximum Gasteiger partial charge on any atom is 0.278 e. The number of hydrogen-bond acceptors (Lipinski definition) is 8. The summed E-state index contributed by atoms with van der Waals surface area (Å²) in [7, 11) is 0. The number of aromatic hydroxyl groups is 1. The quantitative estimate of drug-likeness (QED) is 0.543. The summed E-state index contributed by atoms with van der Waals surface area (Å²) in [6.07, 6.45) is 2.24. The maximum absolute atomic E-state index is 13.9. The van der Waals surface area contributed by atoms with Crippen molar-refractivity contribution in [1.82, 2.24) is 25.0 Å². The Balaban J connectivity index is 1.70. The van der Waals surface area contributed by atoms with Crippen LogP contribution in [0.1, 0.15) is 46.1 Å². The smallest absolute Gasteiger partial charge is 0.278 e. The normalized spacial score (nSPS) is 13.4. The molecule has 2 amide bonds. The van der Waals surface area contributed by atoms with Crippen LogP contribution in [0.15, 0.2) is 40.1 Å². The zero-order valence-corrected chi connectivity index (χ0v) is 18.2. The summed E-state index contributed by atoms with van der Waals surface area (Å²) in [4.78, 5) is 43.9. The average Bonchev–Trinajstić information content (AvgIpc) is 3.29. The van der Waals surface area contributed by atoms with Crippen molar-refractivity contribution in [1.29, 1.82) is 0 Å². The number of nitrogens with one attached hydrogen (secondary N) is 1. The first-order valence-electron chi connectivity index (χ1n) is 10.2. The first kappa shape index (κ1) is 22.9. The van der Waals surface area contributed by atoms with Gasteiger partial charge in [0.2, 0.25) is 11.8 Å². The van der Waals surface area contributed by atoms with Crippen LogP contribution in [0.3, 0.4) is 0 Å². The van der Waals surface area contributed by atoms with Gasteiger partial charge in [0.1, 0.15) is 30.4 Å². The van der Waals surface area contributed by atoms with E-state index >= 15 is 0 Å². The van der Waals surface area contributed by atoms with E-state index in [1.54, 1.807) is 13.8 Å². The van der Waals surface area contributed by atoms with Crippen molar-refractivity contribution in [3.05, 3.63) is 75.3 Å². The molecule has 1 aromatic carbocycles. The fourth-order valence-corrected chi connectivity index (χ4v) is 3.50. The van der Waals surface area contributed by atoms with Gasteiger partial charge < -0.3 is 19.8 Å². The second kappa shape index (κ2) is 8.92. The Morgan fingerprint density at radius 2 is 2.06 bits per heavy atom. The second-order valence-electron chi connectivity index (χ2n) is 7.85. The van der Waals surface area contributed by atoms with Crippen molar-refractivity contribution < 1.29 is 28.0 Å².